The molecule has 0 saturated carbocycles. The summed E-state index contributed by atoms with van der Waals surface area (Å²) in [7, 11) is 4.20. The van der Waals surface area contributed by atoms with Crippen molar-refractivity contribution in [2.45, 2.75) is 83.8 Å². The lowest BCUT2D eigenvalue weighted by Crippen LogP contribution is -2.58. The highest BCUT2D eigenvalue weighted by molar-refractivity contribution is 5.97. The van der Waals surface area contributed by atoms with Crippen molar-refractivity contribution in [3.63, 3.8) is 0 Å². The molecule has 11 rings (SSSR count). The Morgan fingerprint density at radius 3 is 2.52 bits per heavy atom. The van der Waals surface area contributed by atoms with Crippen LogP contribution in [0.5, 0.6) is 5.75 Å². The van der Waals surface area contributed by atoms with Crippen LogP contribution in [-0.4, -0.2) is 118 Å². The summed E-state index contributed by atoms with van der Waals surface area (Å²) in [6, 6.07) is 22.6. The number of benzene rings is 3. The van der Waals surface area contributed by atoms with Crippen molar-refractivity contribution in [2.75, 3.05) is 74.7 Å². The maximum absolute atomic E-state index is 14.3. The van der Waals surface area contributed by atoms with Gasteiger partial charge in [-0.2, -0.15) is 10.2 Å². The second kappa shape index (κ2) is 17.8. The molecule has 0 spiro atoms. The molecule has 6 aromatic rings. The van der Waals surface area contributed by atoms with E-state index in [9.17, 15) is 24.8 Å². The first kappa shape index (κ1) is 46.1. The number of cyclic esters (lactones) is 1. The molecule has 8 heterocycles. The topological polar surface area (TPSA) is 173 Å². The average molecular weight is 955 g/mol. The molecule has 3 aromatic carbocycles. The summed E-state index contributed by atoms with van der Waals surface area (Å²) in [5.41, 5.74) is 6.96. The van der Waals surface area contributed by atoms with Gasteiger partial charge in [0, 0.05) is 84.0 Å². The van der Waals surface area contributed by atoms with Gasteiger partial charge in [-0.1, -0.05) is 50.8 Å². The standard InChI is InChI=1S/C55H58N10O6/c1-7-38-40-23-37(15-16-44(40)57-49-41(38)28-65-47(49)24-43-42(52(65)67)31-71-53(68)55(43,69)8-2)70-30-33(4)51(66)64-22-21-62(25-35(64)17-19-56)50-39-18-20-61(46-14-10-13-34-12-9-11-32(3)48(34)46)29-45(39)58-54(59-50)63-26-36(27-63)60(5)6/h9-16,23-24,35-36,69H,4,7-8,17-18,20-22,25-31H2,1-3,5-6H3. The van der Waals surface area contributed by atoms with Crippen LogP contribution in [0.4, 0.5) is 17.5 Å². The zero-order chi connectivity index (χ0) is 49.5. The smallest absolute Gasteiger partial charge is 0.343 e. The van der Waals surface area contributed by atoms with Gasteiger partial charge in [-0.25, -0.2) is 14.8 Å². The van der Waals surface area contributed by atoms with E-state index in [-0.39, 0.29) is 60.8 Å². The molecule has 364 valence electrons. The van der Waals surface area contributed by atoms with Crippen LogP contribution in [-0.2, 0) is 52.5 Å². The number of amides is 1. The predicted molar refractivity (Wildman–Crippen MR) is 272 cm³/mol. The van der Waals surface area contributed by atoms with Gasteiger partial charge in [0.2, 0.25) is 5.95 Å². The number of aromatic nitrogens is 4. The van der Waals surface area contributed by atoms with Crippen LogP contribution in [0.2, 0.25) is 0 Å². The lowest BCUT2D eigenvalue weighted by atomic mass is 9.86. The number of nitriles is 1. The average Bonchev–Trinajstić information content (AvgIpc) is 3.73. The number of hydrogen-bond acceptors (Lipinski definition) is 14. The number of rotatable bonds is 11. The lowest BCUT2D eigenvalue weighted by molar-refractivity contribution is -0.172. The second-order valence-electron chi connectivity index (χ2n) is 19.8. The van der Waals surface area contributed by atoms with Crippen molar-refractivity contribution < 1.29 is 24.2 Å². The Morgan fingerprint density at radius 1 is 0.958 bits per heavy atom. The Morgan fingerprint density at radius 2 is 1.76 bits per heavy atom. The largest absolute Gasteiger partial charge is 0.489 e. The van der Waals surface area contributed by atoms with Crippen LogP contribution in [0.25, 0.3) is 33.1 Å². The van der Waals surface area contributed by atoms with Gasteiger partial charge in [0.15, 0.2) is 5.60 Å². The van der Waals surface area contributed by atoms with E-state index in [2.05, 4.69) is 89.7 Å². The number of ether oxygens (including phenoxy) is 2. The minimum Gasteiger partial charge on any atom is -0.489 e. The number of nitrogens with zero attached hydrogens (tertiary/aromatic N) is 10. The van der Waals surface area contributed by atoms with E-state index < -0.39 is 17.6 Å². The van der Waals surface area contributed by atoms with Gasteiger partial charge in [0.25, 0.3) is 11.5 Å². The molecule has 0 aliphatic carbocycles. The molecule has 2 fully saturated rings. The Kier molecular flexibility index (Phi) is 11.5. The summed E-state index contributed by atoms with van der Waals surface area (Å²) in [5, 5.41) is 24.8. The number of fused-ring (bicyclic) bond motifs is 7. The maximum Gasteiger partial charge on any atom is 0.343 e. The van der Waals surface area contributed by atoms with Gasteiger partial charge in [0.05, 0.1) is 59.8 Å². The van der Waals surface area contributed by atoms with E-state index in [1.165, 1.54) is 22.0 Å². The number of aliphatic hydroxyl groups is 1. The Hall–Kier alpha value is -7.35. The molecule has 1 amide bonds. The summed E-state index contributed by atoms with van der Waals surface area (Å²) in [4.78, 5) is 67.3. The fraction of sp³-hybridized carbons (Fsp3) is 0.400. The fourth-order valence-electron chi connectivity index (χ4n) is 11.4. The first-order valence-corrected chi connectivity index (χ1v) is 24.7. The number of esters is 1. The predicted octanol–water partition coefficient (Wildman–Crippen LogP) is 5.77. The number of carbonyl (C=O) groups is 2. The van der Waals surface area contributed by atoms with E-state index >= 15 is 0 Å². The van der Waals surface area contributed by atoms with E-state index in [0.29, 0.717) is 67.2 Å². The van der Waals surface area contributed by atoms with Crippen LogP contribution in [0.1, 0.15) is 65.8 Å². The van der Waals surface area contributed by atoms with Crippen LogP contribution < -0.4 is 25.0 Å². The number of carbonyl (C=O) groups excluding carboxylic acids is 2. The first-order chi connectivity index (χ1) is 34.3. The third-order valence-corrected chi connectivity index (χ3v) is 15.6. The molecule has 71 heavy (non-hydrogen) atoms. The monoisotopic (exact) mass is 954 g/mol. The van der Waals surface area contributed by atoms with Gasteiger partial charge in [-0.15, -0.1) is 0 Å². The van der Waals surface area contributed by atoms with Gasteiger partial charge < -0.3 is 43.6 Å². The van der Waals surface area contributed by atoms with Crippen LogP contribution in [0, 0.1) is 18.3 Å². The Labute approximate surface area is 412 Å². The van der Waals surface area contributed by atoms with E-state index in [1.54, 1.807) is 28.5 Å². The van der Waals surface area contributed by atoms with E-state index in [4.69, 9.17) is 24.4 Å². The molecule has 16 nitrogen and oxygen atoms in total. The molecule has 5 aliphatic rings. The fourth-order valence-corrected chi connectivity index (χ4v) is 11.4. The molecular formula is C55H58N10O6. The van der Waals surface area contributed by atoms with E-state index in [0.717, 1.165) is 59.6 Å². The molecular weight excluding hydrogens is 897 g/mol. The number of likely N-dealkylation sites (N-methyl/N-ethyl adjacent to an activating group) is 1. The minimum atomic E-state index is -1.91. The molecule has 2 atom stereocenters. The molecule has 0 bridgehead atoms. The van der Waals surface area contributed by atoms with E-state index in [1.807, 2.05) is 19.1 Å². The summed E-state index contributed by atoms with van der Waals surface area (Å²) in [6.45, 7) is 14.6. The molecule has 2 saturated heterocycles. The summed E-state index contributed by atoms with van der Waals surface area (Å²) < 4.78 is 13.2. The highest BCUT2D eigenvalue weighted by atomic mass is 16.6. The molecule has 3 aromatic heterocycles. The molecule has 1 N–H and O–H groups in total. The van der Waals surface area contributed by atoms with Crippen molar-refractivity contribution >= 4 is 51.0 Å². The maximum atomic E-state index is 14.3. The molecule has 16 heteroatoms. The third kappa shape index (κ3) is 7.64. The number of aryl methyl sites for hydroxylation is 2. The number of anilines is 3. The zero-order valence-electron chi connectivity index (χ0n) is 41.0. The quantitative estimate of drug-likeness (QED) is 0.122. The van der Waals surface area contributed by atoms with Gasteiger partial charge in [-0.3, -0.25) is 9.59 Å². The highest BCUT2D eigenvalue weighted by Gasteiger charge is 2.46. The summed E-state index contributed by atoms with van der Waals surface area (Å²) >= 11 is 0. The van der Waals surface area contributed by atoms with Crippen molar-refractivity contribution in [1.29, 1.82) is 5.26 Å². The van der Waals surface area contributed by atoms with Gasteiger partial charge in [0.1, 0.15) is 24.8 Å². The first-order valence-electron chi connectivity index (χ1n) is 24.7. The van der Waals surface area contributed by atoms with Crippen LogP contribution in [0.3, 0.4) is 0 Å². The van der Waals surface area contributed by atoms with Gasteiger partial charge >= 0.3 is 5.97 Å². The van der Waals surface area contributed by atoms with Crippen molar-refractivity contribution in [3.05, 3.63) is 122 Å². The molecule has 5 aliphatic heterocycles. The van der Waals surface area contributed by atoms with Crippen LogP contribution >= 0.6 is 0 Å². The Bertz CT molecular complexity index is 3310. The summed E-state index contributed by atoms with van der Waals surface area (Å²) in [6.07, 6.45) is 1.61. The van der Waals surface area contributed by atoms with Crippen LogP contribution in [0.15, 0.2) is 77.6 Å². The number of pyridine rings is 2. The molecule has 0 radical (unpaired) electrons. The van der Waals surface area contributed by atoms with Crippen molar-refractivity contribution in [1.82, 2.24) is 29.3 Å². The second-order valence-corrected chi connectivity index (χ2v) is 19.8. The van der Waals surface area contributed by atoms with Crippen molar-refractivity contribution in [2.24, 2.45) is 0 Å². The normalized spacial score (nSPS) is 19.5. The zero-order valence-corrected chi connectivity index (χ0v) is 41.0. The highest BCUT2D eigenvalue weighted by Crippen LogP contribution is 2.42. The lowest BCUT2D eigenvalue weighted by Gasteiger charge is -2.45. The van der Waals surface area contributed by atoms with Crippen molar-refractivity contribution in [3.8, 4) is 23.2 Å². The summed E-state index contributed by atoms with van der Waals surface area (Å²) in [5.74, 6) is 1.12. The SMILES string of the molecule is C=C(COc1ccc2nc3c(c(CC)c2c1)Cn1c-3cc2c(c1=O)COC(=O)C2(O)CC)C(=O)N1CCN(c2nc(N3CC(N(C)C)C3)nc3c2CCN(c2cccc4cccc(C)c24)C3)CC1CC#N. The minimum absolute atomic E-state index is 0.0591. The molecule has 2 unspecified atom stereocenters. The number of piperazine rings is 1. The Balaban J connectivity index is 0.815. The van der Waals surface area contributed by atoms with Gasteiger partial charge in [-0.05, 0) is 87.1 Å². The third-order valence-electron chi connectivity index (χ3n) is 15.6. The number of hydrogen-bond donors (Lipinski definition) is 1.